The maximum absolute atomic E-state index is 4.95. The topological polar surface area (TPSA) is 34.0 Å². The van der Waals surface area contributed by atoms with Crippen LogP contribution in [0.2, 0.25) is 0 Å². The molecule has 3 heterocycles. The first-order valence-electron chi connectivity index (χ1n) is 9.53. The molecular formula is C21H30N4. The Labute approximate surface area is 151 Å². The number of anilines is 2. The zero-order chi connectivity index (χ0) is 18.0. The van der Waals surface area contributed by atoms with Gasteiger partial charge < -0.3 is 4.90 Å². The highest BCUT2D eigenvalue weighted by atomic mass is 15.4. The predicted molar refractivity (Wildman–Crippen MR) is 105 cm³/mol. The SMILES string of the molecule is CCC=C(CCC)c1c2c(nn1C)N(c1c(C)ccnc1C)CCC2. The summed E-state index contributed by atoms with van der Waals surface area (Å²) in [4.78, 5) is 6.91. The summed E-state index contributed by atoms with van der Waals surface area (Å²) in [6.45, 7) is 9.74. The van der Waals surface area contributed by atoms with Crippen LogP contribution in [0, 0.1) is 13.8 Å². The van der Waals surface area contributed by atoms with Crippen LogP contribution in [-0.2, 0) is 13.5 Å². The minimum absolute atomic E-state index is 1.01. The van der Waals surface area contributed by atoms with Crippen molar-refractivity contribution in [1.82, 2.24) is 14.8 Å². The summed E-state index contributed by atoms with van der Waals surface area (Å²) in [6, 6.07) is 2.10. The highest BCUT2D eigenvalue weighted by molar-refractivity contribution is 5.76. The molecule has 4 heteroatoms. The van der Waals surface area contributed by atoms with Crippen LogP contribution in [-0.4, -0.2) is 21.3 Å². The number of aryl methyl sites for hydroxylation is 3. The van der Waals surface area contributed by atoms with Gasteiger partial charge in [0.2, 0.25) is 0 Å². The van der Waals surface area contributed by atoms with Crippen molar-refractivity contribution in [3.05, 3.63) is 40.9 Å². The summed E-state index contributed by atoms with van der Waals surface area (Å²) >= 11 is 0. The fraction of sp³-hybridized carbons (Fsp3) is 0.524. The van der Waals surface area contributed by atoms with E-state index in [0.717, 1.165) is 50.2 Å². The van der Waals surface area contributed by atoms with E-state index < -0.39 is 0 Å². The second-order valence-corrected chi connectivity index (χ2v) is 6.98. The van der Waals surface area contributed by atoms with Gasteiger partial charge in [0.1, 0.15) is 0 Å². The molecule has 2 aromatic heterocycles. The van der Waals surface area contributed by atoms with E-state index in [1.165, 1.54) is 28.1 Å². The zero-order valence-corrected chi connectivity index (χ0v) is 16.3. The average molecular weight is 338 g/mol. The number of allylic oxidation sites excluding steroid dienone is 2. The summed E-state index contributed by atoms with van der Waals surface area (Å²) in [5, 5.41) is 4.95. The van der Waals surface area contributed by atoms with E-state index in [4.69, 9.17) is 5.10 Å². The summed E-state index contributed by atoms with van der Waals surface area (Å²) in [7, 11) is 2.09. The first-order valence-corrected chi connectivity index (χ1v) is 9.53. The van der Waals surface area contributed by atoms with Crippen LogP contribution in [0.3, 0.4) is 0 Å². The minimum Gasteiger partial charge on any atom is -0.323 e. The Morgan fingerprint density at radius 1 is 1.28 bits per heavy atom. The zero-order valence-electron chi connectivity index (χ0n) is 16.3. The molecule has 3 rings (SSSR count). The van der Waals surface area contributed by atoms with Crippen molar-refractivity contribution in [1.29, 1.82) is 0 Å². The fourth-order valence-corrected chi connectivity index (χ4v) is 4.07. The maximum atomic E-state index is 4.95. The Morgan fingerprint density at radius 3 is 2.76 bits per heavy atom. The number of pyridine rings is 1. The summed E-state index contributed by atoms with van der Waals surface area (Å²) in [6.07, 6.45) is 9.89. The molecule has 2 aromatic rings. The summed E-state index contributed by atoms with van der Waals surface area (Å²) in [5.41, 5.74) is 7.77. The summed E-state index contributed by atoms with van der Waals surface area (Å²) < 4.78 is 2.10. The lowest BCUT2D eigenvalue weighted by atomic mass is 9.96. The number of hydrogen-bond acceptors (Lipinski definition) is 3. The van der Waals surface area contributed by atoms with Gasteiger partial charge in [-0.25, -0.2) is 0 Å². The van der Waals surface area contributed by atoms with Crippen LogP contribution in [0.1, 0.15) is 62.0 Å². The van der Waals surface area contributed by atoms with Gasteiger partial charge in [-0.2, -0.15) is 5.10 Å². The molecule has 1 aliphatic heterocycles. The highest BCUT2D eigenvalue weighted by Crippen LogP contribution is 2.39. The molecule has 0 amide bonds. The van der Waals surface area contributed by atoms with Crippen molar-refractivity contribution in [3.63, 3.8) is 0 Å². The monoisotopic (exact) mass is 338 g/mol. The Morgan fingerprint density at radius 2 is 2.08 bits per heavy atom. The van der Waals surface area contributed by atoms with Gasteiger partial charge in [0, 0.05) is 25.4 Å². The Kier molecular flexibility index (Phi) is 5.26. The van der Waals surface area contributed by atoms with Crippen LogP contribution < -0.4 is 4.90 Å². The largest absolute Gasteiger partial charge is 0.323 e. The normalized spacial score (nSPS) is 14.8. The van der Waals surface area contributed by atoms with E-state index in [1.807, 2.05) is 6.20 Å². The van der Waals surface area contributed by atoms with Gasteiger partial charge in [0.25, 0.3) is 0 Å². The molecule has 0 bridgehead atoms. The Hall–Kier alpha value is -2.10. The van der Waals surface area contributed by atoms with Crippen molar-refractivity contribution in [2.75, 3.05) is 11.4 Å². The van der Waals surface area contributed by atoms with Crippen LogP contribution in [0.5, 0.6) is 0 Å². The Bertz CT molecular complexity index is 765. The third-order valence-corrected chi connectivity index (χ3v) is 5.04. The van der Waals surface area contributed by atoms with E-state index in [-0.39, 0.29) is 0 Å². The van der Waals surface area contributed by atoms with E-state index in [2.05, 4.69) is 61.5 Å². The first-order chi connectivity index (χ1) is 12.1. The first kappa shape index (κ1) is 17.7. The lowest BCUT2D eigenvalue weighted by molar-refractivity contribution is 0.735. The number of fused-ring (bicyclic) bond motifs is 1. The fourth-order valence-electron chi connectivity index (χ4n) is 4.07. The van der Waals surface area contributed by atoms with Crippen LogP contribution in [0.15, 0.2) is 18.3 Å². The van der Waals surface area contributed by atoms with Gasteiger partial charge in [-0.15, -0.1) is 0 Å². The molecule has 0 fully saturated rings. The lowest BCUT2D eigenvalue weighted by Gasteiger charge is -2.30. The number of nitrogens with zero attached hydrogens (tertiary/aromatic N) is 4. The van der Waals surface area contributed by atoms with Crippen molar-refractivity contribution in [2.24, 2.45) is 7.05 Å². The van der Waals surface area contributed by atoms with Crippen LogP contribution in [0.4, 0.5) is 11.5 Å². The summed E-state index contributed by atoms with van der Waals surface area (Å²) in [5.74, 6) is 1.13. The molecule has 0 aromatic carbocycles. The second-order valence-electron chi connectivity index (χ2n) is 6.98. The molecule has 134 valence electrons. The second kappa shape index (κ2) is 7.42. The molecule has 4 nitrogen and oxygen atoms in total. The van der Waals surface area contributed by atoms with Crippen molar-refractivity contribution >= 4 is 17.1 Å². The average Bonchev–Trinajstić information content (AvgIpc) is 2.91. The van der Waals surface area contributed by atoms with E-state index in [0.29, 0.717) is 0 Å². The minimum atomic E-state index is 1.01. The van der Waals surface area contributed by atoms with Gasteiger partial charge in [0.05, 0.1) is 17.1 Å². The third-order valence-electron chi connectivity index (χ3n) is 5.04. The number of aromatic nitrogens is 3. The van der Waals surface area contributed by atoms with E-state index in [1.54, 1.807) is 0 Å². The predicted octanol–water partition coefficient (Wildman–Crippen LogP) is 5.11. The number of hydrogen-bond donors (Lipinski definition) is 0. The number of rotatable bonds is 5. The lowest BCUT2D eigenvalue weighted by Crippen LogP contribution is -2.26. The molecule has 0 N–H and O–H groups in total. The molecule has 0 aliphatic carbocycles. The van der Waals surface area contributed by atoms with Crippen LogP contribution >= 0.6 is 0 Å². The van der Waals surface area contributed by atoms with Gasteiger partial charge in [0.15, 0.2) is 5.82 Å². The molecule has 0 radical (unpaired) electrons. The van der Waals surface area contributed by atoms with Gasteiger partial charge in [-0.3, -0.25) is 9.67 Å². The molecule has 25 heavy (non-hydrogen) atoms. The molecule has 0 saturated heterocycles. The van der Waals surface area contributed by atoms with Crippen molar-refractivity contribution in [2.45, 2.75) is 59.8 Å². The highest BCUT2D eigenvalue weighted by Gasteiger charge is 2.28. The van der Waals surface area contributed by atoms with E-state index >= 15 is 0 Å². The quantitative estimate of drug-likeness (QED) is 0.759. The third kappa shape index (κ3) is 3.22. The van der Waals surface area contributed by atoms with E-state index in [9.17, 15) is 0 Å². The molecule has 0 spiro atoms. The van der Waals surface area contributed by atoms with Crippen molar-refractivity contribution in [3.8, 4) is 0 Å². The standard InChI is InChI=1S/C21H30N4/c1-6-9-17(10-7-2)20-18-11-8-14-25(21(18)23-24(20)5)19-15(3)12-13-22-16(19)4/h9,12-13H,6-8,10-11,14H2,1-5H3. The molecule has 0 unspecified atom stereocenters. The van der Waals surface area contributed by atoms with Crippen LogP contribution in [0.25, 0.3) is 5.57 Å². The molecule has 0 atom stereocenters. The van der Waals surface area contributed by atoms with Gasteiger partial charge >= 0.3 is 0 Å². The van der Waals surface area contributed by atoms with Crippen molar-refractivity contribution < 1.29 is 0 Å². The maximum Gasteiger partial charge on any atom is 0.158 e. The Balaban J connectivity index is 2.13. The molecule has 1 aliphatic rings. The van der Waals surface area contributed by atoms with Gasteiger partial charge in [-0.05, 0) is 56.7 Å². The smallest absolute Gasteiger partial charge is 0.158 e. The molecular weight excluding hydrogens is 308 g/mol. The van der Waals surface area contributed by atoms with Gasteiger partial charge in [-0.1, -0.05) is 26.3 Å². The molecule has 0 saturated carbocycles.